The number of carbonyl (C=O) groups is 2. The van der Waals surface area contributed by atoms with E-state index < -0.39 is 11.6 Å². The number of esters is 1. The van der Waals surface area contributed by atoms with Gasteiger partial charge < -0.3 is 9.47 Å². The molecule has 1 aromatic rings. The number of ether oxygens (including phenoxy) is 2. The highest BCUT2D eigenvalue weighted by atomic mass is 16.5. The van der Waals surface area contributed by atoms with Crippen molar-refractivity contribution in [2.75, 3.05) is 18.2 Å². The minimum atomic E-state index is -0.877. The van der Waals surface area contributed by atoms with E-state index in [1.807, 2.05) is 24.3 Å². The van der Waals surface area contributed by atoms with E-state index in [1.54, 1.807) is 18.9 Å². The fourth-order valence-corrected chi connectivity index (χ4v) is 2.49. The first-order valence-corrected chi connectivity index (χ1v) is 6.64. The van der Waals surface area contributed by atoms with E-state index in [-0.39, 0.29) is 19.0 Å². The maximum absolute atomic E-state index is 12.0. The van der Waals surface area contributed by atoms with Crippen LogP contribution >= 0.6 is 0 Å². The van der Waals surface area contributed by atoms with Crippen molar-refractivity contribution < 1.29 is 19.1 Å². The van der Waals surface area contributed by atoms with Gasteiger partial charge in [-0.05, 0) is 26.0 Å². The number of benzene rings is 1. The summed E-state index contributed by atoms with van der Waals surface area (Å²) in [5.74, 6) is 0.00189. The van der Waals surface area contributed by atoms with Crippen LogP contribution in [0.5, 0.6) is 5.75 Å². The van der Waals surface area contributed by atoms with E-state index in [0.717, 1.165) is 0 Å². The Morgan fingerprint density at radius 1 is 1.52 bits per heavy atom. The zero-order valence-electron chi connectivity index (χ0n) is 11.8. The van der Waals surface area contributed by atoms with Gasteiger partial charge in [0.1, 0.15) is 18.0 Å². The van der Waals surface area contributed by atoms with Gasteiger partial charge in [-0.3, -0.25) is 9.69 Å². The number of hydrogen-bond acceptors (Lipinski definition) is 6. The van der Waals surface area contributed by atoms with Gasteiger partial charge in [0.05, 0.1) is 6.61 Å². The second-order valence-electron chi connectivity index (χ2n) is 4.90. The molecular formula is C14H15N3O4. The Kier molecular flexibility index (Phi) is 3.04. The Morgan fingerprint density at radius 2 is 2.29 bits per heavy atom. The number of amides is 1. The summed E-state index contributed by atoms with van der Waals surface area (Å²) >= 11 is 0. The van der Waals surface area contributed by atoms with E-state index in [0.29, 0.717) is 17.8 Å². The summed E-state index contributed by atoms with van der Waals surface area (Å²) in [6, 6.07) is 7.34. The van der Waals surface area contributed by atoms with Gasteiger partial charge >= 0.3 is 5.97 Å². The van der Waals surface area contributed by atoms with Gasteiger partial charge in [0.25, 0.3) is 0 Å². The van der Waals surface area contributed by atoms with Crippen LogP contribution in [-0.2, 0) is 14.3 Å². The van der Waals surface area contributed by atoms with E-state index >= 15 is 0 Å². The van der Waals surface area contributed by atoms with Crippen molar-refractivity contribution in [1.82, 2.24) is 4.90 Å². The summed E-state index contributed by atoms with van der Waals surface area (Å²) in [4.78, 5) is 24.7. The topological polar surface area (TPSA) is 71.4 Å². The van der Waals surface area contributed by atoms with Crippen LogP contribution in [0.2, 0.25) is 0 Å². The molecule has 0 spiro atoms. The molecule has 0 radical (unpaired) electrons. The Labute approximate surface area is 121 Å². The number of hydrogen-bond donors (Lipinski definition) is 0. The minimum absolute atomic E-state index is 0.0327. The average molecular weight is 289 g/mol. The number of para-hydroxylation sites is 2. The second kappa shape index (κ2) is 4.76. The highest BCUT2D eigenvalue weighted by molar-refractivity contribution is 6.38. The maximum atomic E-state index is 12.0. The lowest BCUT2D eigenvalue weighted by Crippen LogP contribution is -2.59. The van der Waals surface area contributed by atoms with Gasteiger partial charge in [-0.1, -0.05) is 12.1 Å². The molecule has 7 heteroatoms. The summed E-state index contributed by atoms with van der Waals surface area (Å²) in [6.07, 6.45) is 0.576. The number of rotatable bonds is 3. The molecule has 110 valence electrons. The third-order valence-electron chi connectivity index (χ3n) is 3.56. The van der Waals surface area contributed by atoms with Crippen LogP contribution < -0.4 is 9.75 Å². The predicted molar refractivity (Wildman–Crippen MR) is 74.8 cm³/mol. The molecule has 1 amide bonds. The molecule has 1 atom stereocenters. The molecule has 2 aliphatic rings. The number of carbonyl (C=O) groups excluding carboxylic acids is 2. The smallest absolute Gasteiger partial charge is 0.376 e. The number of nitrogens with zero attached hydrogens (tertiary/aromatic N) is 3. The van der Waals surface area contributed by atoms with Crippen molar-refractivity contribution in [3.63, 3.8) is 0 Å². The molecule has 1 aromatic carbocycles. The number of anilines is 1. The van der Waals surface area contributed by atoms with Crippen LogP contribution in [0.15, 0.2) is 29.4 Å². The van der Waals surface area contributed by atoms with Gasteiger partial charge in [0.2, 0.25) is 12.2 Å². The molecule has 0 aliphatic carbocycles. The molecule has 21 heavy (non-hydrogen) atoms. The number of hydrazone groups is 1. The molecule has 0 fully saturated rings. The summed E-state index contributed by atoms with van der Waals surface area (Å²) in [5, 5.41) is 5.92. The molecule has 0 aromatic heterocycles. The molecule has 2 aliphatic heterocycles. The van der Waals surface area contributed by atoms with Crippen molar-refractivity contribution >= 4 is 23.9 Å². The average Bonchev–Trinajstić information content (AvgIpc) is 2.80. The van der Waals surface area contributed by atoms with Crippen LogP contribution in [0.3, 0.4) is 0 Å². The van der Waals surface area contributed by atoms with Crippen molar-refractivity contribution in [2.45, 2.75) is 19.5 Å². The van der Waals surface area contributed by atoms with Crippen LogP contribution in [0.25, 0.3) is 0 Å². The Morgan fingerprint density at radius 3 is 3.00 bits per heavy atom. The molecule has 0 N–H and O–H groups in total. The summed E-state index contributed by atoms with van der Waals surface area (Å²) in [6.45, 7) is 3.91. The van der Waals surface area contributed by atoms with Gasteiger partial charge in [-0.15, -0.1) is 5.10 Å². The zero-order chi connectivity index (χ0) is 15.0. The lowest BCUT2D eigenvalue weighted by atomic mass is 10.1. The van der Waals surface area contributed by atoms with Crippen molar-refractivity contribution in [3.8, 4) is 5.75 Å². The molecule has 2 heterocycles. The first kappa shape index (κ1) is 13.4. The van der Waals surface area contributed by atoms with E-state index in [4.69, 9.17) is 9.47 Å². The first-order chi connectivity index (χ1) is 10.1. The predicted octanol–water partition coefficient (Wildman–Crippen LogP) is 0.950. The van der Waals surface area contributed by atoms with Crippen LogP contribution in [0.4, 0.5) is 5.69 Å². The van der Waals surface area contributed by atoms with Gasteiger partial charge in [-0.25, -0.2) is 9.80 Å². The number of fused-ring (bicyclic) bond motifs is 3. The number of amidine groups is 1. The SMILES string of the molecule is CCOC(=O)C1=NN2c3ccccc3OCC2(C)N1C=O. The highest BCUT2D eigenvalue weighted by Crippen LogP contribution is 2.42. The van der Waals surface area contributed by atoms with Gasteiger partial charge in [0.15, 0.2) is 5.66 Å². The molecule has 7 nitrogen and oxygen atoms in total. The summed E-state index contributed by atoms with van der Waals surface area (Å²) in [7, 11) is 0. The Hall–Kier alpha value is -2.57. The third-order valence-corrected chi connectivity index (χ3v) is 3.56. The largest absolute Gasteiger partial charge is 0.487 e. The molecule has 0 saturated heterocycles. The molecule has 0 saturated carbocycles. The van der Waals surface area contributed by atoms with Crippen molar-refractivity contribution in [1.29, 1.82) is 0 Å². The van der Waals surface area contributed by atoms with E-state index in [1.165, 1.54) is 4.90 Å². The van der Waals surface area contributed by atoms with E-state index in [2.05, 4.69) is 5.10 Å². The fraction of sp³-hybridized carbons (Fsp3) is 0.357. The third kappa shape index (κ3) is 1.84. The summed E-state index contributed by atoms with van der Waals surface area (Å²) in [5.41, 5.74) is -0.171. The van der Waals surface area contributed by atoms with E-state index in [9.17, 15) is 9.59 Å². The molecule has 0 bridgehead atoms. The van der Waals surface area contributed by atoms with Gasteiger partial charge in [-0.2, -0.15) is 0 Å². The minimum Gasteiger partial charge on any atom is -0.487 e. The molecular weight excluding hydrogens is 274 g/mol. The van der Waals surface area contributed by atoms with Crippen molar-refractivity contribution in [3.05, 3.63) is 24.3 Å². The molecule has 1 unspecified atom stereocenters. The quantitative estimate of drug-likeness (QED) is 0.612. The maximum Gasteiger partial charge on any atom is 0.376 e. The van der Waals surface area contributed by atoms with Crippen LogP contribution in [0.1, 0.15) is 13.8 Å². The van der Waals surface area contributed by atoms with Crippen LogP contribution in [-0.4, -0.2) is 42.0 Å². The van der Waals surface area contributed by atoms with Crippen LogP contribution in [0, 0.1) is 0 Å². The standard InChI is InChI=1S/C14H15N3O4/c1-3-20-13(19)12-15-17-10-6-4-5-7-11(10)21-8-14(17,2)16(12)9-18/h4-7,9H,3,8H2,1-2H3. The Bertz CT molecular complexity index is 630. The lowest BCUT2D eigenvalue weighted by molar-refractivity contribution is -0.137. The monoisotopic (exact) mass is 289 g/mol. The van der Waals surface area contributed by atoms with Gasteiger partial charge in [0, 0.05) is 0 Å². The lowest BCUT2D eigenvalue weighted by Gasteiger charge is -2.41. The normalized spacial score (nSPS) is 22.9. The first-order valence-electron chi connectivity index (χ1n) is 6.64. The second-order valence-corrected chi connectivity index (χ2v) is 4.90. The Balaban J connectivity index is 2.07. The molecule has 3 rings (SSSR count). The zero-order valence-corrected chi connectivity index (χ0v) is 11.8. The highest BCUT2D eigenvalue weighted by Gasteiger charge is 2.52. The van der Waals surface area contributed by atoms with Crippen molar-refractivity contribution in [2.24, 2.45) is 5.10 Å². The fourth-order valence-electron chi connectivity index (χ4n) is 2.49. The summed E-state index contributed by atoms with van der Waals surface area (Å²) < 4.78 is 10.7.